The first-order valence-electron chi connectivity index (χ1n) is 4.05. The number of phenolic OH excluding ortho intramolecular Hbond substituents is 2. The predicted octanol–water partition coefficient (Wildman–Crippen LogP) is 0.893. The van der Waals surface area contributed by atoms with E-state index in [2.05, 4.69) is 10.2 Å². The molecular formula is C9H9N3O2. The van der Waals surface area contributed by atoms with E-state index in [1.165, 1.54) is 12.1 Å². The van der Waals surface area contributed by atoms with Gasteiger partial charge in [0.1, 0.15) is 17.8 Å². The number of hydrogen-bond donors (Lipinski definition) is 2. The quantitative estimate of drug-likeness (QED) is 0.702. The molecule has 0 aliphatic heterocycles. The highest BCUT2D eigenvalue weighted by Gasteiger charge is 2.09. The van der Waals surface area contributed by atoms with Crippen LogP contribution in [0.4, 0.5) is 0 Å². The topological polar surface area (TPSA) is 71.2 Å². The third-order valence-electron chi connectivity index (χ3n) is 1.93. The molecule has 5 nitrogen and oxygen atoms in total. The standard InChI is InChI=1S/C9H9N3O2/c1-12-5-10-11-9(12)7-3-2-6(13)4-8(7)14/h2-5,13-14H,1H3. The number of aromatic nitrogens is 3. The molecule has 14 heavy (non-hydrogen) atoms. The Morgan fingerprint density at radius 1 is 1.29 bits per heavy atom. The molecule has 0 amide bonds. The molecule has 0 aliphatic carbocycles. The van der Waals surface area contributed by atoms with Crippen LogP contribution in [0.2, 0.25) is 0 Å². The molecule has 2 rings (SSSR count). The van der Waals surface area contributed by atoms with Gasteiger partial charge in [-0.05, 0) is 12.1 Å². The highest BCUT2D eigenvalue weighted by atomic mass is 16.3. The Kier molecular flexibility index (Phi) is 1.85. The fourth-order valence-electron chi connectivity index (χ4n) is 1.24. The molecule has 5 heteroatoms. The van der Waals surface area contributed by atoms with Crippen LogP contribution < -0.4 is 0 Å². The van der Waals surface area contributed by atoms with Crippen molar-refractivity contribution in [2.45, 2.75) is 0 Å². The van der Waals surface area contributed by atoms with Crippen molar-refractivity contribution in [2.24, 2.45) is 7.05 Å². The predicted molar refractivity (Wildman–Crippen MR) is 49.8 cm³/mol. The summed E-state index contributed by atoms with van der Waals surface area (Å²) in [4.78, 5) is 0. The van der Waals surface area contributed by atoms with E-state index in [9.17, 15) is 5.11 Å². The van der Waals surface area contributed by atoms with Gasteiger partial charge in [0.25, 0.3) is 0 Å². The fraction of sp³-hybridized carbons (Fsp3) is 0.111. The van der Waals surface area contributed by atoms with Gasteiger partial charge < -0.3 is 14.8 Å². The van der Waals surface area contributed by atoms with Crippen LogP contribution in [0.15, 0.2) is 24.5 Å². The second-order valence-electron chi connectivity index (χ2n) is 2.97. The minimum absolute atomic E-state index is 0.0129. The van der Waals surface area contributed by atoms with Gasteiger partial charge in [-0.25, -0.2) is 0 Å². The van der Waals surface area contributed by atoms with Crippen molar-refractivity contribution in [3.63, 3.8) is 0 Å². The number of benzene rings is 1. The summed E-state index contributed by atoms with van der Waals surface area (Å²) in [6, 6.07) is 4.35. The summed E-state index contributed by atoms with van der Waals surface area (Å²) >= 11 is 0. The van der Waals surface area contributed by atoms with Crippen LogP contribution in [-0.2, 0) is 7.05 Å². The fourth-order valence-corrected chi connectivity index (χ4v) is 1.24. The van der Waals surface area contributed by atoms with Crippen molar-refractivity contribution < 1.29 is 10.2 Å². The highest BCUT2D eigenvalue weighted by molar-refractivity contribution is 5.65. The lowest BCUT2D eigenvalue weighted by atomic mass is 10.2. The van der Waals surface area contributed by atoms with Crippen molar-refractivity contribution in [3.05, 3.63) is 24.5 Å². The number of nitrogens with zero attached hydrogens (tertiary/aromatic N) is 3. The van der Waals surface area contributed by atoms with E-state index in [1.54, 1.807) is 24.0 Å². The highest BCUT2D eigenvalue weighted by Crippen LogP contribution is 2.29. The maximum Gasteiger partial charge on any atom is 0.167 e. The zero-order valence-electron chi connectivity index (χ0n) is 7.55. The Bertz CT molecular complexity index is 465. The van der Waals surface area contributed by atoms with Gasteiger partial charge in [-0.2, -0.15) is 0 Å². The minimum atomic E-state index is -0.0129. The van der Waals surface area contributed by atoms with E-state index in [0.29, 0.717) is 11.4 Å². The van der Waals surface area contributed by atoms with E-state index < -0.39 is 0 Å². The van der Waals surface area contributed by atoms with Gasteiger partial charge in [-0.3, -0.25) is 0 Å². The Hall–Kier alpha value is -2.04. The molecule has 1 aromatic heterocycles. The van der Waals surface area contributed by atoms with Crippen molar-refractivity contribution >= 4 is 0 Å². The lowest BCUT2D eigenvalue weighted by Crippen LogP contribution is -1.91. The number of aryl methyl sites for hydroxylation is 1. The SMILES string of the molecule is Cn1cnnc1-c1ccc(O)cc1O. The Balaban J connectivity index is 2.58. The van der Waals surface area contributed by atoms with E-state index in [-0.39, 0.29) is 11.5 Å². The lowest BCUT2D eigenvalue weighted by Gasteiger charge is -2.03. The van der Waals surface area contributed by atoms with Gasteiger partial charge >= 0.3 is 0 Å². The summed E-state index contributed by atoms with van der Waals surface area (Å²) in [7, 11) is 1.78. The lowest BCUT2D eigenvalue weighted by molar-refractivity contribution is 0.451. The van der Waals surface area contributed by atoms with Crippen LogP contribution in [0, 0.1) is 0 Å². The van der Waals surface area contributed by atoms with Gasteiger partial charge in [0.15, 0.2) is 5.82 Å². The van der Waals surface area contributed by atoms with Gasteiger partial charge in [0.2, 0.25) is 0 Å². The van der Waals surface area contributed by atoms with E-state index in [0.717, 1.165) is 0 Å². The van der Waals surface area contributed by atoms with Gasteiger partial charge in [0, 0.05) is 13.1 Å². The largest absolute Gasteiger partial charge is 0.508 e. The van der Waals surface area contributed by atoms with Crippen LogP contribution in [0.3, 0.4) is 0 Å². The summed E-state index contributed by atoms with van der Waals surface area (Å²) < 4.78 is 1.69. The molecule has 2 aromatic rings. The zero-order valence-corrected chi connectivity index (χ0v) is 7.55. The maximum atomic E-state index is 9.55. The smallest absolute Gasteiger partial charge is 0.167 e. The average molecular weight is 191 g/mol. The molecule has 72 valence electrons. The monoisotopic (exact) mass is 191 g/mol. The molecule has 0 radical (unpaired) electrons. The molecule has 0 bridgehead atoms. The second kappa shape index (κ2) is 3.02. The van der Waals surface area contributed by atoms with Crippen molar-refractivity contribution in [2.75, 3.05) is 0 Å². The molecule has 2 N–H and O–H groups in total. The van der Waals surface area contributed by atoms with Gasteiger partial charge in [-0.1, -0.05) is 0 Å². The van der Waals surface area contributed by atoms with Crippen LogP contribution >= 0.6 is 0 Å². The molecular weight excluding hydrogens is 182 g/mol. The van der Waals surface area contributed by atoms with Crippen molar-refractivity contribution in [1.29, 1.82) is 0 Å². The van der Waals surface area contributed by atoms with Gasteiger partial charge in [0.05, 0.1) is 5.56 Å². The van der Waals surface area contributed by atoms with Crippen LogP contribution in [0.1, 0.15) is 0 Å². The van der Waals surface area contributed by atoms with Crippen molar-refractivity contribution in [1.82, 2.24) is 14.8 Å². The first-order valence-corrected chi connectivity index (χ1v) is 4.05. The molecule has 0 spiro atoms. The van der Waals surface area contributed by atoms with E-state index in [1.807, 2.05) is 0 Å². The number of hydrogen-bond acceptors (Lipinski definition) is 4. The Morgan fingerprint density at radius 2 is 2.07 bits per heavy atom. The number of rotatable bonds is 1. The molecule has 0 saturated carbocycles. The summed E-state index contributed by atoms with van der Waals surface area (Å²) in [5, 5.41) is 26.2. The van der Waals surface area contributed by atoms with Gasteiger partial charge in [-0.15, -0.1) is 10.2 Å². The van der Waals surface area contributed by atoms with Crippen LogP contribution in [0.5, 0.6) is 11.5 Å². The summed E-state index contributed by atoms with van der Waals surface area (Å²) in [5.74, 6) is 0.567. The molecule has 0 atom stereocenters. The normalized spacial score (nSPS) is 10.4. The average Bonchev–Trinajstić information content (AvgIpc) is 2.52. The first-order chi connectivity index (χ1) is 6.68. The summed E-state index contributed by atoms with van der Waals surface area (Å²) in [6.07, 6.45) is 1.54. The van der Waals surface area contributed by atoms with E-state index in [4.69, 9.17) is 5.11 Å². The minimum Gasteiger partial charge on any atom is -0.508 e. The summed E-state index contributed by atoms with van der Waals surface area (Å²) in [6.45, 7) is 0. The molecule has 1 heterocycles. The number of aromatic hydroxyl groups is 2. The molecule has 0 saturated heterocycles. The second-order valence-corrected chi connectivity index (χ2v) is 2.97. The van der Waals surface area contributed by atoms with E-state index >= 15 is 0 Å². The van der Waals surface area contributed by atoms with Crippen LogP contribution in [0.25, 0.3) is 11.4 Å². The Labute approximate surface area is 80.3 Å². The molecule has 0 aliphatic rings. The third-order valence-corrected chi connectivity index (χ3v) is 1.93. The zero-order chi connectivity index (χ0) is 10.1. The third kappa shape index (κ3) is 1.28. The molecule has 1 aromatic carbocycles. The van der Waals surface area contributed by atoms with Crippen LogP contribution in [-0.4, -0.2) is 25.0 Å². The first kappa shape index (κ1) is 8.55. The molecule has 0 unspecified atom stereocenters. The Morgan fingerprint density at radius 3 is 2.64 bits per heavy atom. The maximum absolute atomic E-state index is 9.55. The number of phenols is 2. The van der Waals surface area contributed by atoms with Crippen molar-refractivity contribution in [3.8, 4) is 22.9 Å². The molecule has 0 fully saturated rings. The summed E-state index contributed by atoms with van der Waals surface area (Å²) in [5.41, 5.74) is 0.544.